The van der Waals surface area contributed by atoms with Gasteiger partial charge in [-0.15, -0.1) is 0 Å². The van der Waals surface area contributed by atoms with E-state index in [-0.39, 0.29) is 11.9 Å². The van der Waals surface area contributed by atoms with E-state index in [0.717, 1.165) is 34.6 Å². The molecule has 0 N–H and O–H groups in total. The van der Waals surface area contributed by atoms with Crippen LogP contribution in [0.3, 0.4) is 0 Å². The fraction of sp³-hybridized carbons (Fsp3) is 0.280. The van der Waals surface area contributed by atoms with E-state index < -0.39 is 9.84 Å². The van der Waals surface area contributed by atoms with Crippen LogP contribution < -0.4 is 0 Å². The molecule has 1 aliphatic heterocycles. The molecule has 162 valence electrons. The zero-order valence-corrected chi connectivity index (χ0v) is 18.4. The van der Waals surface area contributed by atoms with E-state index in [0.29, 0.717) is 28.3 Å². The average Bonchev–Trinajstić information content (AvgIpc) is 3.45. The molecule has 0 radical (unpaired) electrons. The van der Waals surface area contributed by atoms with Crippen molar-refractivity contribution in [1.82, 2.24) is 14.5 Å². The molecule has 7 heteroatoms. The highest BCUT2D eigenvalue weighted by molar-refractivity contribution is 7.90. The minimum absolute atomic E-state index is 0.158. The Morgan fingerprint density at radius 1 is 1.06 bits per heavy atom. The van der Waals surface area contributed by atoms with Gasteiger partial charge in [0.15, 0.2) is 9.84 Å². The lowest BCUT2D eigenvalue weighted by atomic mass is 10.0. The zero-order valence-electron chi connectivity index (χ0n) is 17.6. The summed E-state index contributed by atoms with van der Waals surface area (Å²) in [5.74, 6) is 1.07. The van der Waals surface area contributed by atoms with Gasteiger partial charge in [0.25, 0.3) is 0 Å². The van der Waals surface area contributed by atoms with Crippen LogP contribution in [-0.2, 0) is 16.3 Å². The van der Waals surface area contributed by atoms with E-state index in [1.54, 1.807) is 18.3 Å². The van der Waals surface area contributed by atoms with Crippen LogP contribution in [0, 0.1) is 5.82 Å². The standard InChI is InChI=1S/C25H22FN3O2S/c1-32(30,31)24-5-3-2-4-17(24)22-10-11-25-28-21-13-19(26)18(12-23(21)29(22)25)16-8-9-20(27-14-16)15-6-7-15/h2-5,8-9,12-15,22H,6-7,10-11H2,1H3/t22-/m1/s1. The van der Waals surface area contributed by atoms with Crippen molar-refractivity contribution in [3.05, 3.63) is 77.6 Å². The molecule has 2 aromatic heterocycles. The lowest BCUT2D eigenvalue weighted by Crippen LogP contribution is -2.11. The van der Waals surface area contributed by atoms with Gasteiger partial charge in [-0.2, -0.15) is 0 Å². The molecule has 2 aromatic carbocycles. The third kappa shape index (κ3) is 3.14. The average molecular weight is 448 g/mol. The van der Waals surface area contributed by atoms with Crippen molar-refractivity contribution in [2.75, 3.05) is 6.26 Å². The van der Waals surface area contributed by atoms with Gasteiger partial charge < -0.3 is 4.57 Å². The van der Waals surface area contributed by atoms with E-state index in [2.05, 4.69) is 14.5 Å². The van der Waals surface area contributed by atoms with Crippen LogP contribution in [0.5, 0.6) is 0 Å². The van der Waals surface area contributed by atoms with Gasteiger partial charge in [-0.25, -0.2) is 17.8 Å². The van der Waals surface area contributed by atoms with Crippen LogP contribution in [0.15, 0.2) is 59.6 Å². The highest BCUT2D eigenvalue weighted by Gasteiger charge is 2.31. The smallest absolute Gasteiger partial charge is 0.175 e. The van der Waals surface area contributed by atoms with Crippen LogP contribution in [-0.4, -0.2) is 29.2 Å². The summed E-state index contributed by atoms with van der Waals surface area (Å²) >= 11 is 0. The van der Waals surface area contributed by atoms with Gasteiger partial charge in [0, 0.05) is 47.7 Å². The van der Waals surface area contributed by atoms with E-state index in [4.69, 9.17) is 0 Å². The third-order valence-electron chi connectivity index (χ3n) is 6.57. The Labute approximate surface area is 185 Å². The summed E-state index contributed by atoms with van der Waals surface area (Å²) in [4.78, 5) is 9.54. The molecule has 0 spiro atoms. The van der Waals surface area contributed by atoms with Gasteiger partial charge in [-0.1, -0.05) is 24.3 Å². The molecule has 0 amide bonds. The van der Waals surface area contributed by atoms with Crippen molar-refractivity contribution in [2.45, 2.75) is 42.5 Å². The maximum atomic E-state index is 15.0. The number of rotatable bonds is 4. The first-order chi connectivity index (χ1) is 15.4. The molecule has 5 nitrogen and oxygen atoms in total. The number of benzene rings is 2. The quantitative estimate of drug-likeness (QED) is 0.439. The Kier molecular flexibility index (Phi) is 4.27. The number of hydrogen-bond donors (Lipinski definition) is 0. The molecule has 1 fully saturated rings. The summed E-state index contributed by atoms with van der Waals surface area (Å²) in [6.07, 6.45) is 6.80. The second kappa shape index (κ2) is 6.97. The Hall–Kier alpha value is -3.06. The number of nitrogens with zero attached hydrogens (tertiary/aromatic N) is 3. The number of halogens is 1. The molecule has 0 saturated heterocycles. The first-order valence-electron chi connectivity index (χ1n) is 10.9. The first kappa shape index (κ1) is 19.6. The molecule has 4 aromatic rings. The number of aromatic nitrogens is 3. The number of fused-ring (bicyclic) bond motifs is 3. The highest BCUT2D eigenvalue weighted by atomic mass is 32.2. The molecule has 1 atom stereocenters. The fourth-order valence-electron chi connectivity index (χ4n) is 4.88. The van der Waals surface area contributed by atoms with Crippen molar-refractivity contribution >= 4 is 20.9 Å². The van der Waals surface area contributed by atoms with Crippen molar-refractivity contribution in [3.8, 4) is 11.1 Å². The molecule has 6 rings (SSSR count). The Morgan fingerprint density at radius 2 is 1.88 bits per heavy atom. The summed E-state index contributed by atoms with van der Waals surface area (Å²) in [5.41, 5.74) is 4.44. The summed E-state index contributed by atoms with van der Waals surface area (Å²) in [7, 11) is -3.38. The fourth-order valence-corrected chi connectivity index (χ4v) is 5.84. The van der Waals surface area contributed by atoms with Crippen molar-refractivity contribution in [2.24, 2.45) is 0 Å². The summed E-state index contributed by atoms with van der Waals surface area (Å²) in [6, 6.07) is 14.2. The van der Waals surface area contributed by atoms with Crippen molar-refractivity contribution in [1.29, 1.82) is 0 Å². The number of imidazole rings is 1. The summed E-state index contributed by atoms with van der Waals surface area (Å²) < 4.78 is 41.9. The predicted molar refractivity (Wildman–Crippen MR) is 121 cm³/mol. The van der Waals surface area contributed by atoms with Crippen LogP contribution >= 0.6 is 0 Å². The predicted octanol–water partition coefficient (Wildman–Crippen LogP) is 5.05. The minimum Gasteiger partial charge on any atom is -0.320 e. The first-order valence-corrected chi connectivity index (χ1v) is 12.7. The molecule has 2 aliphatic rings. The van der Waals surface area contributed by atoms with Crippen LogP contribution in [0.25, 0.3) is 22.2 Å². The molecular formula is C25H22FN3O2S. The van der Waals surface area contributed by atoms with Gasteiger partial charge >= 0.3 is 0 Å². The summed E-state index contributed by atoms with van der Waals surface area (Å²) in [5, 5.41) is 0. The molecule has 0 bridgehead atoms. The molecule has 32 heavy (non-hydrogen) atoms. The molecule has 1 saturated carbocycles. The molecular weight excluding hydrogens is 425 g/mol. The SMILES string of the molecule is CS(=O)(=O)c1ccccc1[C@H]1CCc2nc3cc(F)c(-c4ccc(C5CC5)nc4)cc3n21. The number of aryl methyl sites for hydroxylation is 1. The van der Waals surface area contributed by atoms with Gasteiger partial charge in [0.2, 0.25) is 0 Å². The van der Waals surface area contributed by atoms with Gasteiger partial charge in [0.05, 0.1) is 22.0 Å². The van der Waals surface area contributed by atoms with E-state index in [1.165, 1.54) is 25.2 Å². The van der Waals surface area contributed by atoms with Crippen LogP contribution in [0.1, 0.15) is 48.3 Å². The highest BCUT2D eigenvalue weighted by Crippen LogP contribution is 2.41. The molecule has 1 aliphatic carbocycles. The van der Waals surface area contributed by atoms with Crippen molar-refractivity contribution < 1.29 is 12.8 Å². The van der Waals surface area contributed by atoms with Crippen molar-refractivity contribution in [3.63, 3.8) is 0 Å². The number of pyridine rings is 1. The molecule has 3 heterocycles. The Balaban J connectivity index is 1.49. The second-order valence-electron chi connectivity index (χ2n) is 8.83. The van der Waals surface area contributed by atoms with Gasteiger partial charge in [-0.3, -0.25) is 4.98 Å². The minimum atomic E-state index is -3.38. The van der Waals surface area contributed by atoms with Crippen LogP contribution in [0.4, 0.5) is 4.39 Å². The van der Waals surface area contributed by atoms with E-state index in [1.807, 2.05) is 30.3 Å². The normalized spacial score (nSPS) is 18.2. The maximum absolute atomic E-state index is 15.0. The molecule has 0 unspecified atom stereocenters. The van der Waals surface area contributed by atoms with Gasteiger partial charge in [-0.05, 0) is 43.0 Å². The van der Waals surface area contributed by atoms with E-state index in [9.17, 15) is 8.42 Å². The zero-order chi connectivity index (χ0) is 22.0. The summed E-state index contributed by atoms with van der Waals surface area (Å²) in [6.45, 7) is 0. The maximum Gasteiger partial charge on any atom is 0.175 e. The topological polar surface area (TPSA) is 64.8 Å². The Morgan fingerprint density at radius 3 is 2.59 bits per heavy atom. The lowest BCUT2D eigenvalue weighted by Gasteiger charge is -2.18. The van der Waals surface area contributed by atoms with Gasteiger partial charge in [0.1, 0.15) is 11.6 Å². The third-order valence-corrected chi connectivity index (χ3v) is 7.75. The van der Waals surface area contributed by atoms with Crippen LogP contribution in [0.2, 0.25) is 0 Å². The van der Waals surface area contributed by atoms with E-state index >= 15 is 4.39 Å². The Bertz CT molecular complexity index is 1470. The lowest BCUT2D eigenvalue weighted by molar-refractivity contribution is 0.589. The number of hydrogen-bond acceptors (Lipinski definition) is 4. The number of sulfone groups is 1. The largest absolute Gasteiger partial charge is 0.320 e. The second-order valence-corrected chi connectivity index (χ2v) is 10.8. The monoisotopic (exact) mass is 447 g/mol.